The zero-order valence-electron chi connectivity index (χ0n) is 10.0. The minimum Gasteiger partial charge on any atom is -0.478 e. The summed E-state index contributed by atoms with van der Waals surface area (Å²) in [7, 11) is 0. The van der Waals surface area contributed by atoms with E-state index >= 15 is 0 Å². The van der Waals surface area contributed by atoms with Gasteiger partial charge in [-0.15, -0.1) is 11.3 Å². The topological polar surface area (TPSA) is 105 Å². The molecule has 1 amide bonds. The predicted octanol–water partition coefficient (Wildman–Crippen LogP) is 1.98. The fourth-order valence-corrected chi connectivity index (χ4v) is 2.06. The maximum atomic E-state index is 11.8. The number of carbonyl (C=O) groups excluding carboxylic acids is 1. The summed E-state index contributed by atoms with van der Waals surface area (Å²) in [5.74, 6) is -1.46. The van der Waals surface area contributed by atoms with Gasteiger partial charge in [0.2, 0.25) is 0 Å². The van der Waals surface area contributed by atoms with E-state index in [9.17, 15) is 9.59 Å². The Balaban J connectivity index is 2.22. The van der Waals surface area contributed by atoms with Crippen LogP contribution in [0.15, 0.2) is 23.6 Å². The van der Waals surface area contributed by atoms with Crippen LogP contribution in [0.3, 0.4) is 0 Å². The number of carboxylic acids is 1. The molecule has 0 spiro atoms. The van der Waals surface area contributed by atoms with Gasteiger partial charge in [-0.05, 0) is 24.6 Å². The van der Waals surface area contributed by atoms with Crippen molar-refractivity contribution in [2.24, 2.45) is 0 Å². The monoisotopic (exact) mass is 277 g/mol. The largest absolute Gasteiger partial charge is 0.478 e. The second-order valence-corrected chi connectivity index (χ2v) is 4.75. The van der Waals surface area contributed by atoms with E-state index in [0.29, 0.717) is 16.4 Å². The van der Waals surface area contributed by atoms with Crippen molar-refractivity contribution in [2.45, 2.75) is 6.92 Å². The molecule has 2 aromatic rings. The van der Waals surface area contributed by atoms with Crippen LogP contribution in [0.25, 0.3) is 0 Å². The third kappa shape index (κ3) is 2.89. The van der Waals surface area contributed by atoms with Crippen molar-refractivity contribution in [1.29, 1.82) is 0 Å². The standard InChI is InChI=1S/C12H11N3O3S/c1-6-2-3-7(4-8(6)11(17)18)14-10(16)9-5-19-12(13)15-9/h2-5H,1H3,(H2,13,15)(H,14,16)(H,17,18). The summed E-state index contributed by atoms with van der Waals surface area (Å²) in [5.41, 5.74) is 6.83. The van der Waals surface area contributed by atoms with Crippen molar-refractivity contribution in [1.82, 2.24) is 4.98 Å². The number of benzene rings is 1. The number of aryl methyl sites for hydroxylation is 1. The van der Waals surface area contributed by atoms with Crippen LogP contribution in [0.2, 0.25) is 0 Å². The van der Waals surface area contributed by atoms with Crippen LogP contribution in [0.5, 0.6) is 0 Å². The van der Waals surface area contributed by atoms with Gasteiger partial charge < -0.3 is 16.2 Å². The molecule has 0 aliphatic carbocycles. The molecule has 0 aliphatic rings. The molecule has 2 rings (SSSR count). The highest BCUT2D eigenvalue weighted by Crippen LogP contribution is 2.17. The minimum absolute atomic E-state index is 0.149. The molecule has 4 N–H and O–H groups in total. The average molecular weight is 277 g/mol. The number of nitrogen functional groups attached to an aromatic ring is 1. The quantitative estimate of drug-likeness (QED) is 0.795. The van der Waals surface area contributed by atoms with Crippen LogP contribution < -0.4 is 11.1 Å². The number of nitrogens with one attached hydrogen (secondary N) is 1. The lowest BCUT2D eigenvalue weighted by Gasteiger charge is -2.06. The smallest absolute Gasteiger partial charge is 0.336 e. The summed E-state index contributed by atoms with van der Waals surface area (Å²) in [5, 5.41) is 13.4. The number of thiazole rings is 1. The number of hydrogen-bond donors (Lipinski definition) is 3. The number of carbonyl (C=O) groups is 2. The number of anilines is 2. The van der Waals surface area contributed by atoms with Gasteiger partial charge in [0.1, 0.15) is 5.69 Å². The summed E-state index contributed by atoms with van der Waals surface area (Å²) < 4.78 is 0. The normalized spacial score (nSPS) is 10.2. The Kier molecular flexibility index (Phi) is 3.48. The average Bonchev–Trinajstić information content (AvgIpc) is 2.78. The summed E-state index contributed by atoms with van der Waals surface area (Å²) in [6, 6.07) is 4.68. The van der Waals surface area contributed by atoms with Gasteiger partial charge in [-0.2, -0.15) is 0 Å². The molecule has 98 valence electrons. The molecular formula is C12H11N3O3S. The molecule has 19 heavy (non-hydrogen) atoms. The molecule has 0 aliphatic heterocycles. The highest BCUT2D eigenvalue weighted by molar-refractivity contribution is 7.13. The number of nitrogens with zero attached hydrogens (tertiary/aromatic N) is 1. The van der Waals surface area contributed by atoms with E-state index in [1.807, 2.05) is 0 Å². The Bertz CT molecular complexity index is 651. The molecule has 1 aromatic carbocycles. The zero-order valence-corrected chi connectivity index (χ0v) is 10.8. The Morgan fingerprint density at radius 2 is 2.16 bits per heavy atom. The van der Waals surface area contributed by atoms with Crippen molar-refractivity contribution in [2.75, 3.05) is 11.1 Å². The van der Waals surface area contributed by atoms with Gasteiger partial charge in [0, 0.05) is 11.1 Å². The fourth-order valence-electron chi connectivity index (χ4n) is 1.52. The molecule has 6 nitrogen and oxygen atoms in total. The number of rotatable bonds is 3. The van der Waals surface area contributed by atoms with E-state index in [1.165, 1.54) is 22.8 Å². The molecule has 0 radical (unpaired) electrons. The Morgan fingerprint density at radius 1 is 1.42 bits per heavy atom. The van der Waals surface area contributed by atoms with E-state index in [0.717, 1.165) is 0 Å². The molecular weight excluding hydrogens is 266 g/mol. The number of amides is 1. The number of nitrogens with two attached hydrogens (primary N) is 1. The van der Waals surface area contributed by atoms with Gasteiger partial charge in [0.05, 0.1) is 5.56 Å². The second kappa shape index (κ2) is 5.07. The molecule has 1 heterocycles. The summed E-state index contributed by atoms with van der Waals surface area (Å²) >= 11 is 1.17. The van der Waals surface area contributed by atoms with Gasteiger partial charge in [0.25, 0.3) is 5.91 Å². The second-order valence-electron chi connectivity index (χ2n) is 3.86. The first-order valence-electron chi connectivity index (χ1n) is 5.33. The van der Waals surface area contributed by atoms with Crippen LogP contribution in [-0.4, -0.2) is 22.0 Å². The van der Waals surface area contributed by atoms with E-state index in [1.54, 1.807) is 19.1 Å². The van der Waals surface area contributed by atoms with E-state index in [-0.39, 0.29) is 11.3 Å². The van der Waals surface area contributed by atoms with Crippen molar-refractivity contribution in [3.63, 3.8) is 0 Å². The number of hydrogen-bond acceptors (Lipinski definition) is 5. The van der Waals surface area contributed by atoms with E-state index in [4.69, 9.17) is 10.8 Å². The lowest BCUT2D eigenvalue weighted by molar-refractivity contribution is 0.0695. The lowest BCUT2D eigenvalue weighted by atomic mass is 10.1. The van der Waals surface area contributed by atoms with Crippen LogP contribution in [-0.2, 0) is 0 Å². The zero-order chi connectivity index (χ0) is 14.0. The summed E-state index contributed by atoms with van der Waals surface area (Å²) in [6.45, 7) is 1.69. The Morgan fingerprint density at radius 3 is 2.74 bits per heavy atom. The van der Waals surface area contributed by atoms with Gasteiger partial charge in [-0.3, -0.25) is 4.79 Å². The van der Waals surface area contributed by atoms with E-state index in [2.05, 4.69) is 10.3 Å². The first kappa shape index (κ1) is 13.0. The third-order valence-electron chi connectivity index (χ3n) is 2.48. The molecule has 7 heteroatoms. The Hall–Kier alpha value is -2.41. The summed E-state index contributed by atoms with van der Waals surface area (Å²) in [6.07, 6.45) is 0. The first-order chi connectivity index (χ1) is 8.97. The fraction of sp³-hybridized carbons (Fsp3) is 0.0833. The maximum absolute atomic E-state index is 11.8. The van der Waals surface area contributed by atoms with Crippen molar-refractivity contribution < 1.29 is 14.7 Å². The number of carboxylic acid groups (broad SMARTS) is 1. The molecule has 0 atom stereocenters. The van der Waals surface area contributed by atoms with Crippen LogP contribution >= 0.6 is 11.3 Å². The van der Waals surface area contributed by atoms with Crippen LogP contribution in [0.4, 0.5) is 10.8 Å². The first-order valence-corrected chi connectivity index (χ1v) is 6.21. The molecule has 1 aromatic heterocycles. The van der Waals surface area contributed by atoms with Gasteiger partial charge >= 0.3 is 5.97 Å². The van der Waals surface area contributed by atoms with Crippen LogP contribution in [0.1, 0.15) is 26.4 Å². The van der Waals surface area contributed by atoms with Crippen molar-refractivity contribution in [3.8, 4) is 0 Å². The van der Waals surface area contributed by atoms with Gasteiger partial charge in [0.15, 0.2) is 5.13 Å². The molecule has 0 bridgehead atoms. The lowest BCUT2D eigenvalue weighted by Crippen LogP contribution is -2.13. The number of aromatic carboxylic acids is 1. The molecule has 0 saturated heterocycles. The molecule has 0 fully saturated rings. The van der Waals surface area contributed by atoms with E-state index < -0.39 is 11.9 Å². The SMILES string of the molecule is Cc1ccc(NC(=O)c2csc(N)n2)cc1C(=O)O. The molecule has 0 saturated carbocycles. The highest BCUT2D eigenvalue weighted by Gasteiger charge is 2.12. The predicted molar refractivity (Wildman–Crippen MR) is 72.6 cm³/mol. The van der Waals surface area contributed by atoms with Gasteiger partial charge in [-0.1, -0.05) is 6.07 Å². The van der Waals surface area contributed by atoms with Crippen LogP contribution in [0, 0.1) is 6.92 Å². The Labute approximate surface area is 112 Å². The summed E-state index contributed by atoms with van der Waals surface area (Å²) in [4.78, 5) is 26.7. The highest BCUT2D eigenvalue weighted by atomic mass is 32.1. The molecule has 0 unspecified atom stereocenters. The van der Waals surface area contributed by atoms with Gasteiger partial charge in [-0.25, -0.2) is 9.78 Å². The third-order valence-corrected chi connectivity index (χ3v) is 3.15. The number of aromatic nitrogens is 1. The van der Waals surface area contributed by atoms with Crippen molar-refractivity contribution >= 4 is 34.0 Å². The van der Waals surface area contributed by atoms with Crippen molar-refractivity contribution in [3.05, 3.63) is 40.4 Å². The minimum atomic E-state index is -1.04. The maximum Gasteiger partial charge on any atom is 0.336 e.